The lowest BCUT2D eigenvalue weighted by atomic mass is 10.2. The summed E-state index contributed by atoms with van der Waals surface area (Å²) in [4.78, 5) is 0. The van der Waals surface area contributed by atoms with Crippen LogP contribution in [-0.4, -0.2) is 14.9 Å². The monoisotopic (exact) mass is 282 g/mol. The van der Waals surface area contributed by atoms with Crippen molar-refractivity contribution in [2.75, 3.05) is 5.43 Å². The molecule has 0 spiro atoms. The van der Waals surface area contributed by atoms with E-state index in [-0.39, 0.29) is 0 Å². The van der Waals surface area contributed by atoms with Gasteiger partial charge in [-0.25, -0.2) is 9.77 Å². The molecule has 2 aromatic carbocycles. The number of hydrogen-bond donors (Lipinski definition) is 2. The molecular formula is C15H14N4S. The molecule has 2 N–H and O–H groups in total. The lowest BCUT2D eigenvalue weighted by Crippen LogP contribution is -2.15. The topological polar surface area (TPSA) is 45.6 Å². The molecule has 0 atom stereocenters. The average molecular weight is 282 g/mol. The van der Waals surface area contributed by atoms with E-state index in [9.17, 15) is 0 Å². The zero-order valence-electron chi connectivity index (χ0n) is 10.8. The first kappa shape index (κ1) is 12.6. The summed E-state index contributed by atoms with van der Waals surface area (Å²) < 4.78 is 2.36. The lowest BCUT2D eigenvalue weighted by molar-refractivity contribution is 0.832. The Balaban J connectivity index is 1.87. The van der Waals surface area contributed by atoms with Crippen LogP contribution in [0.5, 0.6) is 0 Å². The van der Waals surface area contributed by atoms with Gasteiger partial charge in [-0.15, -0.1) is 0 Å². The first-order chi connectivity index (χ1) is 9.84. The van der Waals surface area contributed by atoms with E-state index >= 15 is 0 Å². The highest BCUT2D eigenvalue weighted by Crippen LogP contribution is 2.15. The van der Waals surface area contributed by atoms with Gasteiger partial charge in [0.1, 0.15) is 0 Å². The van der Waals surface area contributed by atoms with Crippen molar-refractivity contribution in [2.24, 2.45) is 0 Å². The van der Waals surface area contributed by atoms with Gasteiger partial charge in [0, 0.05) is 5.56 Å². The highest BCUT2D eigenvalue weighted by Gasteiger charge is 2.07. The molecule has 0 amide bonds. The molecule has 0 unspecified atom stereocenters. The Morgan fingerprint density at radius 3 is 2.35 bits per heavy atom. The molecule has 100 valence electrons. The molecule has 0 aliphatic heterocycles. The minimum absolute atomic E-state index is 0.555. The second-order valence-electron chi connectivity index (χ2n) is 4.37. The average Bonchev–Trinajstić information content (AvgIpc) is 2.88. The van der Waals surface area contributed by atoms with Crippen molar-refractivity contribution in [2.45, 2.75) is 6.54 Å². The number of nitrogens with zero attached hydrogens (tertiary/aromatic N) is 2. The fourth-order valence-electron chi connectivity index (χ4n) is 1.99. The summed E-state index contributed by atoms with van der Waals surface area (Å²) in [5.41, 5.74) is 5.50. The smallest absolute Gasteiger partial charge is 0.214 e. The van der Waals surface area contributed by atoms with Crippen LogP contribution in [0.3, 0.4) is 0 Å². The number of aromatic nitrogens is 3. The van der Waals surface area contributed by atoms with Crippen molar-refractivity contribution in [3.05, 3.63) is 71.0 Å². The third kappa shape index (κ3) is 2.62. The third-order valence-corrected chi connectivity index (χ3v) is 3.26. The second-order valence-corrected chi connectivity index (χ2v) is 4.76. The SMILES string of the molecule is S=c1[nH]nc(-c2ccccc2)n1NCc1ccccc1. The molecule has 0 aliphatic rings. The van der Waals surface area contributed by atoms with Crippen molar-refractivity contribution >= 4 is 12.2 Å². The highest BCUT2D eigenvalue weighted by molar-refractivity contribution is 7.71. The Hall–Kier alpha value is -2.40. The van der Waals surface area contributed by atoms with Gasteiger partial charge in [0.05, 0.1) is 6.54 Å². The van der Waals surface area contributed by atoms with Crippen molar-refractivity contribution in [3.63, 3.8) is 0 Å². The van der Waals surface area contributed by atoms with Crippen LogP contribution in [0.25, 0.3) is 11.4 Å². The van der Waals surface area contributed by atoms with Crippen LogP contribution in [0.1, 0.15) is 5.56 Å². The lowest BCUT2D eigenvalue weighted by Gasteiger charge is -2.10. The molecule has 5 heteroatoms. The van der Waals surface area contributed by atoms with Crippen molar-refractivity contribution < 1.29 is 0 Å². The minimum atomic E-state index is 0.555. The van der Waals surface area contributed by atoms with E-state index in [1.54, 1.807) is 4.68 Å². The minimum Gasteiger partial charge on any atom is -0.317 e. The number of nitrogens with one attached hydrogen (secondary N) is 2. The summed E-state index contributed by atoms with van der Waals surface area (Å²) in [6.45, 7) is 0.689. The number of H-pyrrole nitrogens is 1. The van der Waals surface area contributed by atoms with Crippen LogP contribution >= 0.6 is 12.2 Å². The van der Waals surface area contributed by atoms with Crippen molar-refractivity contribution in [1.29, 1.82) is 0 Å². The summed E-state index contributed by atoms with van der Waals surface area (Å²) in [6, 6.07) is 20.1. The van der Waals surface area contributed by atoms with Crippen LogP contribution in [0.15, 0.2) is 60.7 Å². The van der Waals surface area contributed by atoms with Gasteiger partial charge in [-0.05, 0) is 17.8 Å². The van der Waals surface area contributed by atoms with E-state index in [2.05, 4.69) is 27.8 Å². The molecule has 1 heterocycles. The van der Waals surface area contributed by atoms with Crippen LogP contribution in [0.2, 0.25) is 0 Å². The fraction of sp³-hybridized carbons (Fsp3) is 0.0667. The first-order valence-corrected chi connectivity index (χ1v) is 6.76. The van der Waals surface area contributed by atoms with Gasteiger partial charge >= 0.3 is 0 Å². The van der Waals surface area contributed by atoms with Gasteiger partial charge in [-0.2, -0.15) is 5.10 Å². The van der Waals surface area contributed by atoms with Crippen molar-refractivity contribution in [1.82, 2.24) is 14.9 Å². The molecule has 0 aliphatic carbocycles. The molecular weight excluding hydrogens is 268 g/mol. The molecule has 0 fully saturated rings. The maximum Gasteiger partial charge on any atom is 0.214 e. The van der Waals surface area contributed by atoms with E-state index in [4.69, 9.17) is 12.2 Å². The van der Waals surface area contributed by atoms with Gasteiger partial charge in [0.2, 0.25) is 4.77 Å². The molecule has 3 aromatic rings. The van der Waals surface area contributed by atoms with Gasteiger partial charge in [0.25, 0.3) is 0 Å². The first-order valence-electron chi connectivity index (χ1n) is 6.35. The van der Waals surface area contributed by atoms with Crippen LogP contribution in [0, 0.1) is 4.77 Å². The molecule has 0 saturated carbocycles. The Bertz CT molecular complexity index is 731. The molecule has 0 saturated heterocycles. The van der Waals surface area contributed by atoms with Gasteiger partial charge < -0.3 is 5.43 Å². The Morgan fingerprint density at radius 2 is 1.65 bits per heavy atom. The maximum atomic E-state index is 5.27. The van der Waals surface area contributed by atoms with Gasteiger partial charge in [-0.1, -0.05) is 60.7 Å². The largest absolute Gasteiger partial charge is 0.317 e. The molecule has 0 bridgehead atoms. The quantitative estimate of drug-likeness (QED) is 0.721. The van der Waals surface area contributed by atoms with E-state index < -0.39 is 0 Å². The summed E-state index contributed by atoms with van der Waals surface area (Å²) in [6.07, 6.45) is 0. The number of rotatable bonds is 4. The maximum absolute atomic E-state index is 5.27. The highest BCUT2D eigenvalue weighted by atomic mass is 32.1. The standard InChI is InChI=1S/C15H14N4S/c20-15-18-17-14(13-9-5-2-6-10-13)19(15)16-11-12-7-3-1-4-8-12/h1-10,16H,11H2,(H,18,20). The number of aromatic amines is 1. The normalized spacial score (nSPS) is 10.4. The fourth-order valence-corrected chi connectivity index (χ4v) is 2.19. The van der Waals surface area contributed by atoms with E-state index in [1.165, 1.54) is 5.56 Å². The van der Waals surface area contributed by atoms with E-state index in [0.29, 0.717) is 11.3 Å². The molecule has 1 aromatic heterocycles. The van der Waals surface area contributed by atoms with Gasteiger partial charge in [0.15, 0.2) is 5.82 Å². The Morgan fingerprint density at radius 1 is 1.00 bits per heavy atom. The zero-order valence-corrected chi connectivity index (χ0v) is 11.6. The summed E-state index contributed by atoms with van der Waals surface area (Å²) in [7, 11) is 0. The van der Waals surface area contributed by atoms with Crippen molar-refractivity contribution in [3.8, 4) is 11.4 Å². The number of hydrogen-bond acceptors (Lipinski definition) is 3. The Labute approximate surface area is 122 Å². The molecule has 3 rings (SSSR count). The number of benzene rings is 2. The predicted octanol–water partition coefficient (Wildman–Crippen LogP) is 3.35. The van der Waals surface area contributed by atoms with Crippen LogP contribution in [-0.2, 0) is 6.54 Å². The Kier molecular flexibility index (Phi) is 3.60. The van der Waals surface area contributed by atoms with E-state index in [0.717, 1.165) is 11.4 Å². The van der Waals surface area contributed by atoms with Crippen LogP contribution in [0.4, 0.5) is 0 Å². The van der Waals surface area contributed by atoms with E-state index in [1.807, 2.05) is 48.5 Å². The summed E-state index contributed by atoms with van der Waals surface area (Å²) in [5.74, 6) is 0.784. The molecule has 4 nitrogen and oxygen atoms in total. The molecule has 0 radical (unpaired) electrons. The van der Waals surface area contributed by atoms with Gasteiger partial charge in [-0.3, -0.25) is 0 Å². The summed E-state index contributed by atoms with van der Waals surface area (Å²) in [5, 5.41) is 7.11. The molecule has 20 heavy (non-hydrogen) atoms. The third-order valence-electron chi connectivity index (χ3n) is 2.99. The predicted molar refractivity (Wildman–Crippen MR) is 82.4 cm³/mol. The summed E-state index contributed by atoms with van der Waals surface area (Å²) >= 11 is 5.27. The van der Waals surface area contributed by atoms with Crippen LogP contribution < -0.4 is 5.43 Å². The second kappa shape index (κ2) is 5.71. The zero-order chi connectivity index (χ0) is 13.8.